The molecule has 1 rings (SSSR count). The van der Waals surface area contributed by atoms with Crippen molar-refractivity contribution in [1.29, 1.82) is 0 Å². The minimum Gasteiger partial charge on any atom is -0.480 e. The van der Waals surface area contributed by atoms with Crippen LogP contribution in [0.5, 0.6) is 0 Å². The molecule has 1 aliphatic rings. The molecule has 0 aromatic carbocycles. The van der Waals surface area contributed by atoms with Gasteiger partial charge in [-0.3, -0.25) is 9.59 Å². The molecule has 1 aliphatic heterocycles. The molecule has 5 heteroatoms. The number of carboxylic acids is 1. The Labute approximate surface area is 76.7 Å². The molecule has 0 aliphatic carbocycles. The fourth-order valence-corrected chi connectivity index (χ4v) is 1.23. The van der Waals surface area contributed by atoms with Gasteiger partial charge in [-0.05, 0) is 6.92 Å². The number of aliphatic carboxylic acids is 1. The highest BCUT2D eigenvalue weighted by molar-refractivity contribution is 5.84. The summed E-state index contributed by atoms with van der Waals surface area (Å²) in [7, 11) is 0. The van der Waals surface area contributed by atoms with E-state index in [1.807, 2.05) is 0 Å². The third-order valence-corrected chi connectivity index (χ3v) is 2.15. The maximum absolute atomic E-state index is 11.5. The molecule has 0 aromatic rings. The summed E-state index contributed by atoms with van der Waals surface area (Å²) < 4.78 is 0. The van der Waals surface area contributed by atoms with E-state index in [0.717, 1.165) is 0 Å². The fraction of sp³-hybridized carbons (Fsp3) is 0.750. The highest BCUT2D eigenvalue weighted by atomic mass is 16.4. The molecule has 0 bridgehead atoms. The van der Waals surface area contributed by atoms with E-state index in [0.29, 0.717) is 19.6 Å². The monoisotopic (exact) mass is 186 g/mol. The molecule has 2 N–H and O–H groups in total. The molecule has 1 saturated heterocycles. The molecule has 1 fully saturated rings. The Morgan fingerprint density at radius 2 is 2.15 bits per heavy atom. The van der Waals surface area contributed by atoms with Gasteiger partial charge in [0.2, 0.25) is 5.91 Å². The third kappa shape index (κ3) is 2.42. The molecule has 1 amide bonds. The molecule has 0 aromatic heterocycles. The van der Waals surface area contributed by atoms with Crippen molar-refractivity contribution in [3.63, 3.8) is 0 Å². The Bertz CT molecular complexity index is 213. The first-order chi connectivity index (χ1) is 6.15. The number of hydrogen-bond acceptors (Lipinski definition) is 3. The van der Waals surface area contributed by atoms with Crippen molar-refractivity contribution in [2.45, 2.75) is 6.92 Å². The molecule has 0 saturated carbocycles. The summed E-state index contributed by atoms with van der Waals surface area (Å²) >= 11 is 0. The molecule has 0 radical (unpaired) electrons. The van der Waals surface area contributed by atoms with Crippen LogP contribution in [0.1, 0.15) is 6.92 Å². The average Bonchev–Trinajstić information content (AvgIpc) is 1.96. The van der Waals surface area contributed by atoms with Crippen molar-refractivity contribution in [2.75, 3.05) is 26.2 Å². The van der Waals surface area contributed by atoms with Gasteiger partial charge in [0.05, 0.1) is 5.92 Å². The average molecular weight is 186 g/mol. The van der Waals surface area contributed by atoms with Gasteiger partial charge in [-0.25, -0.2) is 0 Å². The number of carboxylic acid groups (broad SMARTS) is 1. The van der Waals surface area contributed by atoms with E-state index in [9.17, 15) is 9.59 Å². The van der Waals surface area contributed by atoms with Gasteiger partial charge < -0.3 is 15.3 Å². The number of carbonyl (C=O) groups excluding carboxylic acids is 1. The highest BCUT2D eigenvalue weighted by Crippen LogP contribution is 2.07. The maximum atomic E-state index is 11.5. The standard InChI is InChI=1S/C8H14N2O3/c1-2-10(5-7(11)12)8(13)6-3-9-4-6/h6,9H,2-5H2,1H3,(H,11,12). The lowest BCUT2D eigenvalue weighted by molar-refractivity contribution is -0.146. The quantitative estimate of drug-likeness (QED) is 0.599. The number of rotatable bonds is 4. The molecular formula is C8H14N2O3. The number of hydrogen-bond donors (Lipinski definition) is 2. The topological polar surface area (TPSA) is 69.6 Å². The van der Waals surface area contributed by atoms with Crippen molar-refractivity contribution in [3.8, 4) is 0 Å². The van der Waals surface area contributed by atoms with Crippen molar-refractivity contribution < 1.29 is 14.7 Å². The van der Waals surface area contributed by atoms with Gasteiger partial charge in [0.25, 0.3) is 0 Å². The number of carbonyl (C=O) groups is 2. The van der Waals surface area contributed by atoms with Gasteiger partial charge >= 0.3 is 5.97 Å². The second-order valence-electron chi connectivity index (χ2n) is 3.10. The van der Waals surface area contributed by atoms with Crippen LogP contribution in [0.25, 0.3) is 0 Å². The third-order valence-electron chi connectivity index (χ3n) is 2.15. The second-order valence-corrected chi connectivity index (χ2v) is 3.10. The van der Waals surface area contributed by atoms with E-state index in [4.69, 9.17) is 5.11 Å². The fourth-order valence-electron chi connectivity index (χ4n) is 1.23. The van der Waals surface area contributed by atoms with Crippen molar-refractivity contribution in [2.24, 2.45) is 5.92 Å². The Morgan fingerprint density at radius 3 is 2.46 bits per heavy atom. The van der Waals surface area contributed by atoms with Gasteiger partial charge in [0, 0.05) is 19.6 Å². The van der Waals surface area contributed by atoms with Crippen LogP contribution in [0.3, 0.4) is 0 Å². The van der Waals surface area contributed by atoms with E-state index in [2.05, 4.69) is 5.32 Å². The summed E-state index contributed by atoms with van der Waals surface area (Å²) in [5.41, 5.74) is 0. The summed E-state index contributed by atoms with van der Waals surface area (Å²) in [6.45, 7) is 3.41. The van der Waals surface area contributed by atoms with Gasteiger partial charge in [0.15, 0.2) is 0 Å². The lowest BCUT2D eigenvalue weighted by atomic mass is 10.0. The van der Waals surface area contributed by atoms with Crippen molar-refractivity contribution in [3.05, 3.63) is 0 Å². The summed E-state index contributed by atoms with van der Waals surface area (Å²) in [5, 5.41) is 11.5. The first kappa shape index (κ1) is 9.98. The van der Waals surface area contributed by atoms with Crippen LogP contribution in [-0.4, -0.2) is 48.1 Å². The number of nitrogens with zero attached hydrogens (tertiary/aromatic N) is 1. The molecule has 0 spiro atoms. The number of amides is 1. The molecule has 1 heterocycles. The van der Waals surface area contributed by atoms with Crippen LogP contribution in [0.4, 0.5) is 0 Å². The summed E-state index contributed by atoms with van der Waals surface area (Å²) in [5.74, 6) is -1.02. The Balaban J connectivity index is 2.44. The molecular weight excluding hydrogens is 172 g/mol. The zero-order valence-corrected chi connectivity index (χ0v) is 7.62. The van der Waals surface area contributed by atoms with E-state index in [1.165, 1.54) is 4.90 Å². The lowest BCUT2D eigenvalue weighted by Crippen LogP contribution is -2.52. The van der Waals surface area contributed by atoms with Crippen LogP contribution in [0.15, 0.2) is 0 Å². The number of nitrogens with one attached hydrogen (secondary N) is 1. The van der Waals surface area contributed by atoms with Gasteiger partial charge in [-0.15, -0.1) is 0 Å². The normalized spacial score (nSPS) is 16.4. The van der Waals surface area contributed by atoms with Gasteiger partial charge in [-0.1, -0.05) is 0 Å². The van der Waals surface area contributed by atoms with E-state index in [1.54, 1.807) is 6.92 Å². The second kappa shape index (κ2) is 4.23. The first-order valence-electron chi connectivity index (χ1n) is 4.36. The highest BCUT2D eigenvalue weighted by Gasteiger charge is 2.29. The largest absolute Gasteiger partial charge is 0.480 e. The minimum absolute atomic E-state index is 0.0145. The zero-order valence-electron chi connectivity index (χ0n) is 7.62. The van der Waals surface area contributed by atoms with E-state index in [-0.39, 0.29) is 18.4 Å². The van der Waals surface area contributed by atoms with E-state index >= 15 is 0 Å². The van der Waals surface area contributed by atoms with E-state index < -0.39 is 5.97 Å². The summed E-state index contributed by atoms with van der Waals surface area (Å²) in [6.07, 6.45) is 0. The maximum Gasteiger partial charge on any atom is 0.323 e. The predicted molar refractivity (Wildman–Crippen MR) is 46.2 cm³/mol. The van der Waals surface area contributed by atoms with Crippen LogP contribution < -0.4 is 5.32 Å². The lowest BCUT2D eigenvalue weighted by Gasteiger charge is -2.30. The van der Waals surface area contributed by atoms with Crippen molar-refractivity contribution >= 4 is 11.9 Å². The molecule has 0 atom stereocenters. The van der Waals surface area contributed by atoms with Crippen LogP contribution in [-0.2, 0) is 9.59 Å². The molecule has 74 valence electrons. The molecule has 13 heavy (non-hydrogen) atoms. The Kier molecular flexibility index (Phi) is 3.25. The Hall–Kier alpha value is -1.10. The minimum atomic E-state index is -0.956. The molecule has 5 nitrogen and oxygen atoms in total. The van der Waals surface area contributed by atoms with Gasteiger partial charge in [-0.2, -0.15) is 0 Å². The summed E-state index contributed by atoms with van der Waals surface area (Å²) in [6, 6.07) is 0. The van der Waals surface area contributed by atoms with Crippen LogP contribution in [0.2, 0.25) is 0 Å². The van der Waals surface area contributed by atoms with Crippen LogP contribution >= 0.6 is 0 Å². The number of likely N-dealkylation sites (N-methyl/N-ethyl adjacent to an activating group) is 1. The Morgan fingerprint density at radius 1 is 1.54 bits per heavy atom. The molecule has 0 unspecified atom stereocenters. The predicted octanol–water partition coefficient (Wildman–Crippen LogP) is -0.861. The smallest absolute Gasteiger partial charge is 0.323 e. The van der Waals surface area contributed by atoms with Crippen molar-refractivity contribution in [1.82, 2.24) is 10.2 Å². The summed E-state index contributed by atoms with van der Waals surface area (Å²) in [4.78, 5) is 23.3. The van der Waals surface area contributed by atoms with Crippen LogP contribution in [0, 0.1) is 5.92 Å². The SMILES string of the molecule is CCN(CC(=O)O)C(=O)C1CNC1. The first-order valence-corrected chi connectivity index (χ1v) is 4.36. The van der Waals surface area contributed by atoms with Gasteiger partial charge in [0.1, 0.15) is 6.54 Å². The zero-order chi connectivity index (χ0) is 9.84.